The Morgan fingerprint density at radius 3 is 2.44 bits per heavy atom. The summed E-state index contributed by atoms with van der Waals surface area (Å²) >= 11 is 1.69. The minimum Gasteiger partial charge on any atom is -0.354 e. The Bertz CT molecular complexity index is 871. The molecular weight excluding hydrogens is 387 g/mol. The number of nitrogens with zero attached hydrogens (tertiary/aromatic N) is 1. The number of anilines is 1. The number of nitrogens with one attached hydrogen (secondary N) is 1. The third-order valence-corrected chi connectivity index (χ3v) is 5.97. The molecule has 0 bridgehead atoms. The van der Waals surface area contributed by atoms with Crippen LogP contribution in [0.25, 0.3) is 0 Å². The summed E-state index contributed by atoms with van der Waals surface area (Å²) in [5.41, 5.74) is 1.07. The van der Waals surface area contributed by atoms with E-state index in [-0.39, 0.29) is 5.69 Å². The molecule has 0 saturated carbocycles. The first-order valence-corrected chi connectivity index (χ1v) is 11.3. The molecule has 0 aromatic heterocycles. The molecule has 0 fully saturated rings. The van der Waals surface area contributed by atoms with Gasteiger partial charge in [-0.05, 0) is 43.4 Å². The number of amides is 1. The Hall–Kier alpha value is -2.06. The van der Waals surface area contributed by atoms with Crippen molar-refractivity contribution in [3.8, 4) is 0 Å². The lowest BCUT2D eigenvalue weighted by atomic mass is 10.2. The summed E-state index contributed by atoms with van der Waals surface area (Å²) in [6.45, 7) is 2.00. The molecule has 146 valence electrons. The van der Waals surface area contributed by atoms with Gasteiger partial charge in [-0.25, -0.2) is 12.8 Å². The molecule has 0 aliphatic rings. The van der Waals surface area contributed by atoms with Crippen LogP contribution < -0.4 is 9.62 Å². The number of carbonyl (C=O) groups is 1. The van der Waals surface area contributed by atoms with Crippen molar-refractivity contribution in [3.05, 3.63) is 59.9 Å². The molecular formula is C19H23FN2O3S2. The molecule has 0 heterocycles. The van der Waals surface area contributed by atoms with Crippen molar-refractivity contribution >= 4 is 33.4 Å². The fourth-order valence-electron chi connectivity index (χ4n) is 2.35. The van der Waals surface area contributed by atoms with Gasteiger partial charge in [0.1, 0.15) is 12.4 Å². The van der Waals surface area contributed by atoms with Crippen molar-refractivity contribution in [2.24, 2.45) is 0 Å². The van der Waals surface area contributed by atoms with Gasteiger partial charge in [0.15, 0.2) is 0 Å². The van der Waals surface area contributed by atoms with Crippen LogP contribution in [0.2, 0.25) is 0 Å². The SMILES string of the molecule is Cc1ccc(SCCCNC(=O)CN(c2ccccc2F)S(C)(=O)=O)cc1. The quantitative estimate of drug-likeness (QED) is 0.509. The van der Waals surface area contributed by atoms with Crippen LogP contribution in [0.3, 0.4) is 0 Å². The molecule has 0 aliphatic heterocycles. The van der Waals surface area contributed by atoms with Gasteiger partial charge in [-0.1, -0.05) is 29.8 Å². The van der Waals surface area contributed by atoms with Crippen molar-refractivity contribution in [2.75, 3.05) is 29.4 Å². The van der Waals surface area contributed by atoms with Gasteiger partial charge in [0.05, 0.1) is 11.9 Å². The van der Waals surface area contributed by atoms with E-state index in [2.05, 4.69) is 17.4 Å². The van der Waals surface area contributed by atoms with Crippen LogP contribution in [-0.4, -0.2) is 39.4 Å². The summed E-state index contributed by atoms with van der Waals surface area (Å²) in [4.78, 5) is 13.3. The highest BCUT2D eigenvalue weighted by Crippen LogP contribution is 2.21. The first-order chi connectivity index (χ1) is 12.8. The molecule has 5 nitrogen and oxygen atoms in total. The highest BCUT2D eigenvalue weighted by atomic mass is 32.2. The van der Waals surface area contributed by atoms with Gasteiger partial charge in [0.2, 0.25) is 15.9 Å². The number of carbonyl (C=O) groups excluding carboxylic acids is 1. The van der Waals surface area contributed by atoms with E-state index in [4.69, 9.17) is 0 Å². The molecule has 27 heavy (non-hydrogen) atoms. The maximum atomic E-state index is 13.9. The Balaban J connectivity index is 1.82. The van der Waals surface area contributed by atoms with Crippen LogP contribution in [0, 0.1) is 12.7 Å². The molecule has 0 radical (unpaired) electrons. The van der Waals surface area contributed by atoms with Crippen LogP contribution >= 0.6 is 11.8 Å². The van der Waals surface area contributed by atoms with E-state index < -0.39 is 28.3 Å². The van der Waals surface area contributed by atoms with Crippen molar-refractivity contribution in [1.29, 1.82) is 0 Å². The zero-order chi connectivity index (χ0) is 19.9. The molecule has 1 N–H and O–H groups in total. The summed E-state index contributed by atoms with van der Waals surface area (Å²) in [5, 5.41) is 2.69. The second-order valence-corrected chi connectivity index (χ2v) is 9.16. The van der Waals surface area contributed by atoms with Crippen LogP contribution in [0.15, 0.2) is 53.4 Å². The number of hydrogen-bond donors (Lipinski definition) is 1. The summed E-state index contributed by atoms with van der Waals surface area (Å²) in [5.74, 6) is -0.332. The Morgan fingerprint density at radius 2 is 1.81 bits per heavy atom. The predicted molar refractivity (Wildman–Crippen MR) is 108 cm³/mol. The first kappa shape index (κ1) is 21.2. The predicted octanol–water partition coefficient (Wildman–Crippen LogP) is 3.20. The van der Waals surface area contributed by atoms with Gasteiger partial charge in [-0.2, -0.15) is 0 Å². The van der Waals surface area contributed by atoms with Crippen LogP contribution in [-0.2, 0) is 14.8 Å². The van der Waals surface area contributed by atoms with Crippen molar-refractivity contribution in [3.63, 3.8) is 0 Å². The van der Waals surface area contributed by atoms with E-state index in [1.165, 1.54) is 23.8 Å². The minimum absolute atomic E-state index is 0.134. The third-order valence-electron chi connectivity index (χ3n) is 3.74. The second kappa shape index (κ2) is 9.75. The molecule has 1 amide bonds. The molecule has 2 aromatic carbocycles. The van der Waals surface area contributed by atoms with E-state index in [1.54, 1.807) is 11.8 Å². The fraction of sp³-hybridized carbons (Fsp3) is 0.316. The normalized spacial score (nSPS) is 11.2. The number of benzene rings is 2. The van der Waals surface area contributed by atoms with Gasteiger partial charge in [0.25, 0.3) is 0 Å². The molecule has 0 saturated heterocycles. The van der Waals surface area contributed by atoms with Crippen molar-refractivity contribution < 1.29 is 17.6 Å². The zero-order valence-corrected chi connectivity index (χ0v) is 16.9. The number of sulfonamides is 1. The standard InChI is InChI=1S/C19H23FN2O3S2/c1-15-8-10-16(11-9-15)26-13-5-12-21-19(23)14-22(27(2,24)25)18-7-4-3-6-17(18)20/h3-4,6-11H,5,12-14H2,1-2H3,(H,21,23). The second-order valence-electron chi connectivity index (χ2n) is 6.09. The first-order valence-electron chi connectivity index (χ1n) is 8.46. The highest BCUT2D eigenvalue weighted by Gasteiger charge is 2.23. The number of hydrogen-bond acceptors (Lipinski definition) is 4. The largest absolute Gasteiger partial charge is 0.354 e. The Kier molecular flexibility index (Phi) is 7.67. The maximum absolute atomic E-state index is 13.9. The lowest BCUT2D eigenvalue weighted by Gasteiger charge is -2.22. The van der Waals surface area contributed by atoms with E-state index in [0.717, 1.165) is 33.7 Å². The summed E-state index contributed by atoms with van der Waals surface area (Å²) in [7, 11) is -3.78. The summed E-state index contributed by atoms with van der Waals surface area (Å²) in [6.07, 6.45) is 1.69. The number of rotatable bonds is 9. The van der Waals surface area contributed by atoms with Crippen molar-refractivity contribution in [1.82, 2.24) is 5.32 Å². The van der Waals surface area contributed by atoms with Gasteiger partial charge in [0, 0.05) is 11.4 Å². The summed E-state index contributed by atoms with van der Waals surface area (Å²) < 4.78 is 38.6. The number of aryl methyl sites for hydroxylation is 1. The van der Waals surface area contributed by atoms with Crippen LogP contribution in [0.4, 0.5) is 10.1 Å². The van der Waals surface area contributed by atoms with Gasteiger partial charge in [-0.3, -0.25) is 9.10 Å². The molecule has 0 unspecified atom stereocenters. The van der Waals surface area contributed by atoms with Crippen molar-refractivity contribution in [2.45, 2.75) is 18.2 Å². The van der Waals surface area contributed by atoms with E-state index in [1.807, 2.05) is 19.1 Å². The van der Waals surface area contributed by atoms with Crippen LogP contribution in [0.1, 0.15) is 12.0 Å². The van der Waals surface area contributed by atoms with Gasteiger partial charge < -0.3 is 5.32 Å². The molecule has 2 rings (SSSR count). The van der Waals surface area contributed by atoms with E-state index >= 15 is 0 Å². The highest BCUT2D eigenvalue weighted by molar-refractivity contribution is 7.99. The topological polar surface area (TPSA) is 66.5 Å². The fourth-order valence-corrected chi connectivity index (χ4v) is 4.06. The average Bonchev–Trinajstić information content (AvgIpc) is 2.61. The average molecular weight is 411 g/mol. The zero-order valence-electron chi connectivity index (χ0n) is 15.3. The van der Waals surface area contributed by atoms with Gasteiger partial charge in [-0.15, -0.1) is 11.8 Å². The monoisotopic (exact) mass is 410 g/mol. The summed E-state index contributed by atoms with van der Waals surface area (Å²) in [6, 6.07) is 13.7. The molecule has 2 aromatic rings. The number of para-hydroxylation sites is 1. The smallest absolute Gasteiger partial charge is 0.240 e. The molecule has 0 spiro atoms. The molecule has 8 heteroatoms. The third kappa shape index (κ3) is 6.88. The minimum atomic E-state index is -3.78. The Morgan fingerprint density at radius 1 is 1.15 bits per heavy atom. The number of thioether (sulfide) groups is 1. The lowest BCUT2D eigenvalue weighted by Crippen LogP contribution is -2.41. The van der Waals surface area contributed by atoms with E-state index in [0.29, 0.717) is 6.54 Å². The lowest BCUT2D eigenvalue weighted by molar-refractivity contribution is -0.119. The van der Waals surface area contributed by atoms with E-state index in [9.17, 15) is 17.6 Å². The Labute approximate surface area is 164 Å². The molecule has 0 atom stereocenters. The van der Waals surface area contributed by atoms with Gasteiger partial charge >= 0.3 is 0 Å². The molecule has 0 aliphatic carbocycles. The van der Waals surface area contributed by atoms with Crippen LogP contribution in [0.5, 0.6) is 0 Å². The number of halogens is 1. The maximum Gasteiger partial charge on any atom is 0.240 e.